The number of methoxy groups -OCH3 is 1. The van der Waals surface area contributed by atoms with E-state index in [0.717, 1.165) is 0 Å². The van der Waals surface area contributed by atoms with Gasteiger partial charge in [0.1, 0.15) is 0 Å². The second kappa shape index (κ2) is 3.55. The Kier molecular flexibility index (Phi) is 2.24. The van der Waals surface area contributed by atoms with Crippen LogP contribution in [-0.4, -0.2) is 29.6 Å². The number of cyclic esters (lactones) is 1. The number of carbonyl (C=O) groups is 1. The SMILES string of the molecule is COC1OC(=O)C=C1c1cccnn1. The van der Waals surface area contributed by atoms with Crippen LogP contribution in [0.5, 0.6) is 0 Å². The molecule has 1 unspecified atom stereocenters. The molecule has 0 saturated carbocycles. The van der Waals surface area contributed by atoms with Gasteiger partial charge in [0, 0.05) is 19.4 Å². The Morgan fingerprint density at radius 3 is 3.07 bits per heavy atom. The first-order chi connectivity index (χ1) is 6.81. The number of ether oxygens (including phenoxy) is 2. The maximum atomic E-state index is 11.0. The van der Waals surface area contributed by atoms with Crippen LogP contribution in [0.4, 0.5) is 0 Å². The fourth-order valence-corrected chi connectivity index (χ4v) is 1.22. The molecule has 1 aromatic rings. The van der Waals surface area contributed by atoms with E-state index in [-0.39, 0.29) is 0 Å². The van der Waals surface area contributed by atoms with E-state index in [4.69, 9.17) is 9.47 Å². The van der Waals surface area contributed by atoms with Gasteiger partial charge in [-0.15, -0.1) is 0 Å². The van der Waals surface area contributed by atoms with E-state index in [1.54, 1.807) is 18.3 Å². The molecule has 1 aliphatic rings. The third kappa shape index (κ3) is 1.49. The van der Waals surface area contributed by atoms with Crippen molar-refractivity contribution >= 4 is 11.5 Å². The van der Waals surface area contributed by atoms with Gasteiger partial charge in [0.25, 0.3) is 0 Å². The predicted octanol–water partition coefficient (Wildman–Crippen LogP) is 0.389. The minimum Gasteiger partial charge on any atom is -0.428 e. The summed E-state index contributed by atoms with van der Waals surface area (Å²) >= 11 is 0. The van der Waals surface area contributed by atoms with Crippen molar-refractivity contribution in [1.82, 2.24) is 10.2 Å². The van der Waals surface area contributed by atoms with Crippen molar-refractivity contribution in [3.63, 3.8) is 0 Å². The molecule has 0 N–H and O–H groups in total. The molecule has 0 fully saturated rings. The number of hydrogen-bond acceptors (Lipinski definition) is 5. The van der Waals surface area contributed by atoms with E-state index in [9.17, 15) is 4.79 Å². The van der Waals surface area contributed by atoms with Crippen molar-refractivity contribution in [2.24, 2.45) is 0 Å². The van der Waals surface area contributed by atoms with Gasteiger partial charge in [-0.1, -0.05) is 0 Å². The molecule has 0 saturated heterocycles. The quantitative estimate of drug-likeness (QED) is 0.634. The lowest BCUT2D eigenvalue weighted by atomic mass is 10.2. The van der Waals surface area contributed by atoms with E-state index < -0.39 is 12.3 Å². The molecule has 0 aliphatic carbocycles. The molecular weight excluding hydrogens is 184 g/mol. The molecule has 14 heavy (non-hydrogen) atoms. The maximum Gasteiger partial charge on any atom is 0.333 e. The zero-order valence-corrected chi connectivity index (χ0v) is 7.51. The molecule has 72 valence electrons. The van der Waals surface area contributed by atoms with Gasteiger partial charge in [0.2, 0.25) is 6.29 Å². The van der Waals surface area contributed by atoms with Gasteiger partial charge in [-0.3, -0.25) is 0 Å². The van der Waals surface area contributed by atoms with Crippen LogP contribution < -0.4 is 0 Å². The third-order valence-corrected chi connectivity index (χ3v) is 1.83. The van der Waals surface area contributed by atoms with Gasteiger partial charge in [-0.25, -0.2) is 4.79 Å². The molecule has 1 aromatic heterocycles. The van der Waals surface area contributed by atoms with Crippen molar-refractivity contribution < 1.29 is 14.3 Å². The van der Waals surface area contributed by atoms with Crippen LogP contribution in [-0.2, 0) is 14.3 Å². The molecule has 0 spiro atoms. The summed E-state index contributed by atoms with van der Waals surface area (Å²) in [6.07, 6.45) is 2.25. The zero-order chi connectivity index (χ0) is 9.97. The molecule has 0 radical (unpaired) electrons. The average Bonchev–Trinajstić information content (AvgIpc) is 2.61. The van der Waals surface area contributed by atoms with Gasteiger partial charge in [0.15, 0.2) is 0 Å². The lowest BCUT2D eigenvalue weighted by Gasteiger charge is -2.10. The van der Waals surface area contributed by atoms with Crippen LogP contribution in [0.1, 0.15) is 5.69 Å². The van der Waals surface area contributed by atoms with Gasteiger partial charge in [-0.05, 0) is 12.1 Å². The molecule has 0 bridgehead atoms. The predicted molar refractivity (Wildman–Crippen MR) is 46.9 cm³/mol. The van der Waals surface area contributed by atoms with Crippen molar-refractivity contribution in [1.29, 1.82) is 0 Å². The van der Waals surface area contributed by atoms with E-state index >= 15 is 0 Å². The molecule has 1 aliphatic heterocycles. The van der Waals surface area contributed by atoms with Crippen LogP contribution in [0.3, 0.4) is 0 Å². The second-order valence-electron chi connectivity index (χ2n) is 2.71. The van der Waals surface area contributed by atoms with Crippen LogP contribution in [0, 0.1) is 0 Å². The molecule has 0 aromatic carbocycles. The van der Waals surface area contributed by atoms with E-state index in [1.807, 2.05) is 0 Å². The maximum absolute atomic E-state index is 11.0. The Balaban J connectivity index is 2.34. The van der Waals surface area contributed by atoms with E-state index in [0.29, 0.717) is 11.3 Å². The summed E-state index contributed by atoms with van der Waals surface area (Å²) in [5.41, 5.74) is 1.19. The van der Waals surface area contributed by atoms with Crippen LogP contribution in [0.2, 0.25) is 0 Å². The highest BCUT2D eigenvalue weighted by molar-refractivity contribution is 5.96. The smallest absolute Gasteiger partial charge is 0.333 e. The van der Waals surface area contributed by atoms with Crippen molar-refractivity contribution in [2.75, 3.05) is 7.11 Å². The van der Waals surface area contributed by atoms with Crippen LogP contribution >= 0.6 is 0 Å². The molecule has 2 rings (SSSR count). The second-order valence-corrected chi connectivity index (χ2v) is 2.71. The van der Waals surface area contributed by atoms with Crippen molar-refractivity contribution in [3.8, 4) is 0 Å². The van der Waals surface area contributed by atoms with Crippen molar-refractivity contribution in [3.05, 3.63) is 30.1 Å². The first kappa shape index (κ1) is 8.83. The molecular formula is C9H8N2O3. The first-order valence-corrected chi connectivity index (χ1v) is 4.04. The summed E-state index contributed by atoms with van der Waals surface area (Å²) in [6.45, 7) is 0. The van der Waals surface area contributed by atoms with Gasteiger partial charge in [-0.2, -0.15) is 10.2 Å². The number of carbonyl (C=O) groups excluding carboxylic acids is 1. The van der Waals surface area contributed by atoms with Crippen molar-refractivity contribution in [2.45, 2.75) is 6.29 Å². The van der Waals surface area contributed by atoms with Gasteiger partial charge >= 0.3 is 5.97 Å². The van der Waals surface area contributed by atoms with Gasteiger partial charge < -0.3 is 9.47 Å². The minimum absolute atomic E-state index is 0.419. The summed E-state index contributed by atoms with van der Waals surface area (Å²) in [7, 11) is 1.47. The minimum atomic E-state index is -0.667. The first-order valence-electron chi connectivity index (χ1n) is 4.04. The van der Waals surface area contributed by atoms with Gasteiger partial charge in [0.05, 0.1) is 11.3 Å². The topological polar surface area (TPSA) is 61.3 Å². The normalized spacial score (nSPS) is 20.5. The fraction of sp³-hybridized carbons (Fsp3) is 0.222. The van der Waals surface area contributed by atoms with Crippen LogP contribution in [0.25, 0.3) is 5.57 Å². The lowest BCUT2D eigenvalue weighted by Crippen LogP contribution is -2.13. The molecule has 2 heterocycles. The number of aromatic nitrogens is 2. The molecule has 5 nitrogen and oxygen atoms in total. The number of hydrogen-bond donors (Lipinski definition) is 0. The highest BCUT2D eigenvalue weighted by atomic mass is 16.7. The summed E-state index contributed by atoms with van der Waals surface area (Å²) < 4.78 is 9.83. The highest BCUT2D eigenvalue weighted by Gasteiger charge is 2.27. The number of rotatable bonds is 2. The summed E-state index contributed by atoms with van der Waals surface area (Å²) in [4.78, 5) is 11.0. The Labute approximate surface area is 80.4 Å². The molecule has 0 amide bonds. The Bertz CT molecular complexity index is 375. The van der Waals surface area contributed by atoms with Crippen LogP contribution in [0.15, 0.2) is 24.4 Å². The summed E-state index contributed by atoms with van der Waals surface area (Å²) in [5.74, 6) is -0.419. The number of esters is 1. The summed E-state index contributed by atoms with van der Waals surface area (Å²) in [6, 6.07) is 3.48. The third-order valence-electron chi connectivity index (χ3n) is 1.83. The number of nitrogens with zero attached hydrogens (tertiary/aromatic N) is 2. The lowest BCUT2D eigenvalue weighted by molar-refractivity contribution is -0.153. The molecule has 1 atom stereocenters. The Morgan fingerprint density at radius 1 is 1.57 bits per heavy atom. The Morgan fingerprint density at radius 2 is 2.43 bits per heavy atom. The fourth-order valence-electron chi connectivity index (χ4n) is 1.22. The Hall–Kier alpha value is -1.75. The highest BCUT2D eigenvalue weighted by Crippen LogP contribution is 2.24. The largest absolute Gasteiger partial charge is 0.428 e. The monoisotopic (exact) mass is 192 g/mol. The average molecular weight is 192 g/mol. The van der Waals surface area contributed by atoms with E-state index in [2.05, 4.69) is 10.2 Å². The summed E-state index contributed by atoms with van der Waals surface area (Å²) in [5, 5.41) is 7.57. The van der Waals surface area contributed by atoms with E-state index in [1.165, 1.54) is 13.2 Å². The zero-order valence-electron chi connectivity index (χ0n) is 7.51. The standard InChI is InChI=1S/C9H8N2O3/c1-13-9-6(5-8(12)14-9)7-3-2-4-10-11-7/h2-5,9H,1H3. The molecule has 5 heteroatoms.